The Labute approximate surface area is 118 Å². The smallest absolute Gasteiger partial charge is 0.256 e. The van der Waals surface area contributed by atoms with Crippen LogP contribution in [0.25, 0.3) is 0 Å². The Morgan fingerprint density at radius 3 is 2.60 bits per heavy atom. The molecule has 0 heterocycles. The number of nitriles is 1. The van der Waals surface area contributed by atoms with E-state index in [1.54, 1.807) is 25.3 Å². The van der Waals surface area contributed by atoms with Crippen molar-refractivity contribution in [2.75, 3.05) is 19.5 Å². The SMILES string of the molecule is COc1ccc(NC(=O)C2(OC)CCCC2)c(C#N)c1. The normalized spacial score (nSPS) is 16.4. The number of nitrogens with zero attached hydrogens (tertiary/aromatic N) is 1. The van der Waals surface area contributed by atoms with Crippen molar-refractivity contribution in [1.82, 2.24) is 0 Å². The average Bonchev–Trinajstić information content (AvgIpc) is 2.97. The molecule has 0 unspecified atom stereocenters. The first-order chi connectivity index (χ1) is 9.65. The van der Waals surface area contributed by atoms with Gasteiger partial charge >= 0.3 is 0 Å². The van der Waals surface area contributed by atoms with E-state index in [2.05, 4.69) is 11.4 Å². The van der Waals surface area contributed by atoms with Crippen molar-refractivity contribution in [2.45, 2.75) is 31.3 Å². The fraction of sp³-hybridized carbons (Fsp3) is 0.467. The molecule has 5 nitrogen and oxygen atoms in total. The maximum atomic E-state index is 12.4. The van der Waals surface area contributed by atoms with Gasteiger partial charge in [-0.3, -0.25) is 4.79 Å². The minimum absolute atomic E-state index is 0.181. The molecule has 5 heteroatoms. The highest BCUT2D eigenvalue weighted by Crippen LogP contribution is 2.34. The van der Waals surface area contributed by atoms with E-state index in [9.17, 15) is 4.79 Å². The van der Waals surface area contributed by atoms with Gasteiger partial charge in [-0.05, 0) is 43.9 Å². The third-order valence-corrected chi connectivity index (χ3v) is 3.81. The van der Waals surface area contributed by atoms with Crippen molar-refractivity contribution in [3.05, 3.63) is 23.8 Å². The number of hydrogen-bond acceptors (Lipinski definition) is 4. The molecule has 0 atom stereocenters. The first kappa shape index (κ1) is 14.4. The molecule has 1 amide bonds. The number of benzene rings is 1. The van der Waals surface area contributed by atoms with Crippen LogP contribution in [0.2, 0.25) is 0 Å². The molecule has 106 valence electrons. The topological polar surface area (TPSA) is 71.3 Å². The largest absolute Gasteiger partial charge is 0.497 e. The van der Waals surface area contributed by atoms with Gasteiger partial charge in [-0.1, -0.05) is 0 Å². The molecule has 1 aromatic rings. The Balaban J connectivity index is 2.21. The second-order valence-corrected chi connectivity index (χ2v) is 4.88. The van der Waals surface area contributed by atoms with Gasteiger partial charge in [-0.2, -0.15) is 5.26 Å². The highest BCUT2D eigenvalue weighted by atomic mass is 16.5. The molecule has 1 aliphatic carbocycles. The molecule has 0 bridgehead atoms. The number of methoxy groups -OCH3 is 2. The number of carbonyl (C=O) groups is 1. The Bertz CT molecular complexity index is 543. The molecule has 2 rings (SSSR count). The molecule has 0 radical (unpaired) electrons. The molecule has 0 aromatic heterocycles. The summed E-state index contributed by atoms with van der Waals surface area (Å²) in [6.07, 6.45) is 3.39. The standard InChI is InChI=1S/C15H18N2O3/c1-19-12-5-6-13(11(9-12)10-16)17-14(18)15(20-2)7-3-4-8-15/h5-6,9H,3-4,7-8H2,1-2H3,(H,17,18). The monoisotopic (exact) mass is 274 g/mol. The summed E-state index contributed by atoms with van der Waals surface area (Å²) in [6.45, 7) is 0. The lowest BCUT2D eigenvalue weighted by atomic mass is 10.0. The summed E-state index contributed by atoms with van der Waals surface area (Å²) in [4.78, 5) is 12.4. The van der Waals surface area contributed by atoms with Crippen molar-refractivity contribution in [2.24, 2.45) is 0 Å². The number of ether oxygens (including phenoxy) is 2. The maximum Gasteiger partial charge on any atom is 0.256 e. The molecule has 1 N–H and O–H groups in total. The lowest BCUT2D eigenvalue weighted by Crippen LogP contribution is -2.42. The summed E-state index contributed by atoms with van der Waals surface area (Å²) in [7, 11) is 3.09. The van der Waals surface area contributed by atoms with Crippen LogP contribution in [-0.4, -0.2) is 25.7 Å². The number of amides is 1. The molecule has 20 heavy (non-hydrogen) atoms. The Hall–Kier alpha value is -2.06. The van der Waals surface area contributed by atoms with Crippen LogP contribution < -0.4 is 10.1 Å². The van der Waals surface area contributed by atoms with Gasteiger partial charge in [0.1, 0.15) is 17.4 Å². The second kappa shape index (κ2) is 5.93. The lowest BCUT2D eigenvalue weighted by Gasteiger charge is -2.26. The Morgan fingerprint density at radius 1 is 1.35 bits per heavy atom. The summed E-state index contributed by atoms with van der Waals surface area (Å²) >= 11 is 0. The summed E-state index contributed by atoms with van der Waals surface area (Å²) in [5.41, 5.74) is 0.107. The van der Waals surface area contributed by atoms with Gasteiger partial charge in [-0.15, -0.1) is 0 Å². The van der Waals surface area contributed by atoms with Crippen molar-refractivity contribution in [3.8, 4) is 11.8 Å². The summed E-state index contributed by atoms with van der Waals surface area (Å²) in [6, 6.07) is 7.05. The van der Waals surface area contributed by atoms with Crippen LogP contribution in [0.5, 0.6) is 5.75 Å². The fourth-order valence-electron chi connectivity index (χ4n) is 2.56. The zero-order chi connectivity index (χ0) is 14.6. The predicted molar refractivity (Wildman–Crippen MR) is 74.5 cm³/mol. The Kier molecular flexibility index (Phi) is 4.26. The third kappa shape index (κ3) is 2.61. The molecule has 1 saturated carbocycles. The predicted octanol–water partition coefficient (Wildman–Crippen LogP) is 2.46. The van der Waals surface area contributed by atoms with Crippen LogP contribution in [0, 0.1) is 11.3 Å². The van der Waals surface area contributed by atoms with Gasteiger partial charge in [0, 0.05) is 7.11 Å². The zero-order valence-corrected chi connectivity index (χ0v) is 11.7. The highest BCUT2D eigenvalue weighted by molar-refractivity contribution is 5.98. The van der Waals surface area contributed by atoms with Gasteiger partial charge < -0.3 is 14.8 Å². The van der Waals surface area contributed by atoms with Gasteiger partial charge in [0.15, 0.2) is 0 Å². The molecule has 0 spiro atoms. The average molecular weight is 274 g/mol. The molecule has 0 aliphatic heterocycles. The maximum absolute atomic E-state index is 12.4. The molecular weight excluding hydrogens is 256 g/mol. The number of carbonyl (C=O) groups excluding carboxylic acids is 1. The second-order valence-electron chi connectivity index (χ2n) is 4.88. The summed E-state index contributed by atoms with van der Waals surface area (Å²) < 4.78 is 10.5. The quantitative estimate of drug-likeness (QED) is 0.915. The van der Waals surface area contributed by atoms with Gasteiger partial charge in [0.2, 0.25) is 0 Å². The van der Waals surface area contributed by atoms with E-state index in [-0.39, 0.29) is 5.91 Å². The first-order valence-electron chi connectivity index (χ1n) is 6.60. The van der Waals surface area contributed by atoms with E-state index in [0.29, 0.717) is 29.8 Å². The summed E-state index contributed by atoms with van der Waals surface area (Å²) in [5.74, 6) is 0.404. The van der Waals surface area contributed by atoms with E-state index >= 15 is 0 Å². The number of rotatable bonds is 4. The highest BCUT2D eigenvalue weighted by Gasteiger charge is 2.41. The number of nitrogens with one attached hydrogen (secondary N) is 1. The molecule has 1 fully saturated rings. The van der Waals surface area contributed by atoms with Crippen LogP contribution in [0.1, 0.15) is 31.2 Å². The van der Waals surface area contributed by atoms with Crippen LogP contribution in [0.15, 0.2) is 18.2 Å². The van der Waals surface area contributed by atoms with Crippen molar-refractivity contribution in [3.63, 3.8) is 0 Å². The van der Waals surface area contributed by atoms with E-state index < -0.39 is 5.60 Å². The van der Waals surface area contributed by atoms with Crippen LogP contribution >= 0.6 is 0 Å². The van der Waals surface area contributed by atoms with Crippen LogP contribution in [0.4, 0.5) is 5.69 Å². The van der Waals surface area contributed by atoms with E-state index in [1.165, 1.54) is 7.11 Å². The van der Waals surface area contributed by atoms with Crippen molar-refractivity contribution >= 4 is 11.6 Å². The third-order valence-electron chi connectivity index (χ3n) is 3.81. The van der Waals surface area contributed by atoms with Crippen LogP contribution in [0.3, 0.4) is 0 Å². The number of hydrogen-bond donors (Lipinski definition) is 1. The van der Waals surface area contributed by atoms with E-state index in [0.717, 1.165) is 12.8 Å². The first-order valence-corrected chi connectivity index (χ1v) is 6.60. The van der Waals surface area contributed by atoms with Crippen molar-refractivity contribution < 1.29 is 14.3 Å². The van der Waals surface area contributed by atoms with Gasteiger partial charge in [0.25, 0.3) is 5.91 Å². The molecule has 1 aliphatic rings. The van der Waals surface area contributed by atoms with Gasteiger partial charge in [0.05, 0.1) is 18.4 Å². The minimum atomic E-state index is -0.757. The Morgan fingerprint density at radius 2 is 2.05 bits per heavy atom. The van der Waals surface area contributed by atoms with Gasteiger partial charge in [-0.25, -0.2) is 0 Å². The molecule has 1 aromatic carbocycles. The molecular formula is C15H18N2O3. The van der Waals surface area contributed by atoms with Crippen molar-refractivity contribution in [1.29, 1.82) is 5.26 Å². The van der Waals surface area contributed by atoms with E-state index in [1.807, 2.05) is 0 Å². The fourth-order valence-corrected chi connectivity index (χ4v) is 2.56. The number of anilines is 1. The van der Waals surface area contributed by atoms with E-state index in [4.69, 9.17) is 14.7 Å². The minimum Gasteiger partial charge on any atom is -0.497 e. The zero-order valence-electron chi connectivity index (χ0n) is 11.7. The molecule has 0 saturated heterocycles. The van der Waals surface area contributed by atoms with Crippen LogP contribution in [-0.2, 0) is 9.53 Å². The lowest BCUT2D eigenvalue weighted by molar-refractivity contribution is -0.137. The summed E-state index contributed by atoms with van der Waals surface area (Å²) in [5, 5.41) is 12.0.